The van der Waals surface area contributed by atoms with Gasteiger partial charge in [-0.15, -0.1) is 0 Å². The first-order valence-corrected chi connectivity index (χ1v) is 6.55. The molecule has 116 valence electrons. The van der Waals surface area contributed by atoms with E-state index in [-0.39, 0.29) is 12.1 Å². The lowest BCUT2D eigenvalue weighted by molar-refractivity contribution is -0.134. The van der Waals surface area contributed by atoms with Gasteiger partial charge in [0.25, 0.3) is 0 Å². The Hall–Kier alpha value is -3.49. The molecule has 0 aliphatic heterocycles. The number of hydrogen-bond donors (Lipinski definition) is 3. The molecule has 3 N–H and O–H groups in total. The first-order valence-electron chi connectivity index (χ1n) is 6.55. The molecule has 3 rings (SSSR count). The number of aromatic carboxylic acids is 1. The maximum absolute atomic E-state index is 11.3. The van der Waals surface area contributed by atoms with Crippen LogP contribution in [-0.4, -0.2) is 48.4 Å². The molecular weight excluding hydrogens is 302 g/mol. The molecule has 0 aliphatic carbocycles. The highest BCUT2D eigenvalue weighted by molar-refractivity contribution is 5.94. The second-order valence-corrected chi connectivity index (χ2v) is 4.59. The minimum absolute atomic E-state index is 0.0798. The van der Waals surface area contributed by atoms with Gasteiger partial charge in [0.15, 0.2) is 5.65 Å². The minimum Gasteiger partial charge on any atom is -0.480 e. The molecule has 0 spiro atoms. The summed E-state index contributed by atoms with van der Waals surface area (Å²) in [6.45, 7) is -0.303. The number of rotatable bonds is 5. The van der Waals surface area contributed by atoms with E-state index < -0.39 is 11.9 Å². The smallest absolute Gasteiger partial charge is 0.337 e. The van der Waals surface area contributed by atoms with Crippen LogP contribution in [0.2, 0.25) is 0 Å². The Bertz CT molecular complexity index is 905. The highest BCUT2D eigenvalue weighted by Gasteiger charge is 2.16. The Balaban J connectivity index is 2.12. The van der Waals surface area contributed by atoms with E-state index in [0.29, 0.717) is 22.5 Å². The molecule has 0 unspecified atom stereocenters. The average molecular weight is 313 g/mol. The van der Waals surface area contributed by atoms with Crippen LogP contribution < -0.4 is 5.32 Å². The third-order valence-corrected chi connectivity index (χ3v) is 3.14. The number of carbonyl (C=O) groups is 2. The van der Waals surface area contributed by atoms with Gasteiger partial charge in [0.05, 0.1) is 22.8 Å². The van der Waals surface area contributed by atoms with Crippen molar-refractivity contribution in [1.29, 1.82) is 0 Å². The van der Waals surface area contributed by atoms with Crippen molar-refractivity contribution in [1.82, 2.24) is 19.7 Å². The van der Waals surface area contributed by atoms with Crippen molar-refractivity contribution in [2.24, 2.45) is 0 Å². The van der Waals surface area contributed by atoms with Gasteiger partial charge < -0.3 is 15.5 Å². The van der Waals surface area contributed by atoms with E-state index in [1.807, 2.05) is 0 Å². The molecule has 9 heteroatoms. The molecule has 0 saturated heterocycles. The zero-order valence-electron chi connectivity index (χ0n) is 11.7. The highest BCUT2D eigenvalue weighted by Crippen LogP contribution is 2.23. The van der Waals surface area contributed by atoms with E-state index >= 15 is 0 Å². The maximum atomic E-state index is 11.3. The summed E-state index contributed by atoms with van der Waals surface area (Å²) in [5.74, 6) is -1.79. The zero-order chi connectivity index (χ0) is 16.4. The van der Waals surface area contributed by atoms with E-state index in [0.717, 1.165) is 0 Å². The molecule has 2 heterocycles. The molecule has 0 saturated carbocycles. The molecule has 0 atom stereocenters. The van der Waals surface area contributed by atoms with Crippen molar-refractivity contribution in [2.45, 2.75) is 0 Å². The largest absolute Gasteiger partial charge is 0.480 e. The molecule has 23 heavy (non-hydrogen) atoms. The summed E-state index contributed by atoms with van der Waals surface area (Å²) in [4.78, 5) is 30.1. The third-order valence-electron chi connectivity index (χ3n) is 3.14. The summed E-state index contributed by atoms with van der Waals surface area (Å²) in [6.07, 6.45) is 2.71. The average Bonchev–Trinajstić information content (AvgIpc) is 2.97. The Morgan fingerprint density at radius 2 is 1.96 bits per heavy atom. The van der Waals surface area contributed by atoms with Gasteiger partial charge in [0.2, 0.25) is 0 Å². The van der Waals surface area contributed by atoms with Gasteiger partial charge in [-0.25, -0.2) is 19.4 Å². The lowest BCUT2D eigenvalue weighted by Crippen LogP contribution is -2.13. The first kappa shape index (κ1) is 14.4. The van der Waals surface area contributed by atoms with Crippen LogP contribution in [0, 0.1) is 0 Å². The molecule has 2 aromatic heterocycles. The summed E-state index contributed by atoms with van der Waals surface area (Å²) in [6, 6.07) is 6.39. The fourth-order valence-corrected chi connectivity index (χ4v) is 2.16. The van der Waals surface area contributed by atoms with Crippen LogP contribution >= 0.6 is 0 Å². The predicted octanol–water partition coefficient (Wildman–Crippen LogP) is 1.01. The van der Waals surface area contributed by atoms with Gasteiger partial charge in [0.1, 0.15) is 18.7 Å². The SMILES string of the molecule is O=C(O)CNc1ncnc2c1cnn2-c1ccccc1C(=O)O. The van der Waals surface area contributed by atoms with E-state index in [1.165, 1.54) is 23.3 Å². The van der Waals surface area contributed by atoms with Crippen LogP contribution in [0.15, 0.2) is 36.8 Å². The molecule has 0 radical (unpaired) electrons. The third kappa shape index (κ3) is 2.67. The lowest BCUT2D eigenvalue weighted by atomic mass is 10.2. The van der Waals surface area contributed by atoms with Crippen molar-refractivity contribution < 1.29 is 19.8 Å². The van der Waals surface area contributed by atoms with Crippen molar-refractivity contribution in [2.75, 3.05) is 11.9 Å². The number of nitrogens with one attached hydrogen (secondary N) is 1. The van der Waals surface area contributed by atoms with Crippen LogP contribution in [0.4, 0.5) is 5.82 Å². The Labute approximate surface area is 129 Å². The van der Waals surface area contributed by atoms with Gasteiger partial charge in [-0.3, -0.25) is 4.79 Å². The number of anilines is 1. The van der Waals surface area contributed by atoms with Crippen LogP contribution in [0.5, 0.6) is 0 Å². The Morgan fingerprint density at radius 3 is 2.70 bits per heavy atom. The van der Waals surface area contributed by atoms with Crippen LogP contribution in [0.3, 0.4) is 0 Å². The lowest BCUT2D eigenvalue weighted by Gasteiger charge is -2.07. The Morgan fingerprint density at radius 1 is 1.17 bits per heavy atom. The predicted molar refractivity (Wildman–Crippen MR) is 79.7 cm³/mol. The number of para-hydroxylation sites is 1. The standard InChI is InChI=1S/C14H11N5O4/c20-11(21)6-15-12-9-5-18-19(13(9)17-7-16-12)10-4-2-1-3-8(10)14(22)23/h1-5,7H,6H2,(H,20,21)(H,22,23)(H,15,16,17). The Kier molecular flexibility index (Phi) is 3.59. The number of carboxylic acid groups (broad SMARTS) is 2. The number of hydrogen-bond acceptors (Lipinski definition) is 6. The van der Waals surface area contributed by atoms with Gasteiger partial charge in [-0.2, -0.15) is 5.10 Å². The van der Waals surface area contributed by atoms with E-state index in [4.69, 9.17) is 5.11 Å². The highest BCUT2D eigenvalue weighted by atomic mass is 16.4. The monoisotopic (exact) mass is 313 g/mol. The summed E-state index contributed by atoms with van der Waals surface area (Å²) in [7, 11) is 0. The fraction of sp³-hybridized carbons (Fsp3) is 0.0714. The summed E-state index contributed by atoms with van der Waals surface area (Å²) < 4.78 is 1.38. The van der Waals surface area contributed by atoms with Crippen molar-refractivity contribution in [3.05, 3.63) is 42.4 Å². The number of fused-ring (bicyclic) bond motifs is 1. The quantitative estimate of drug-likeness (QED) is 0.636. The first-order chi connectivity index (χ1) is 11.1. The number of nitrogens with zero attached hydrogens (tertiary/aromatic N) is 4. The number of carboxylic acids is 2. The van der Waals surface area contributed by atoms with E-state index in [2.05, 4.69) is 20.4 Å². The van der Waals surface area contributed by atoms with E-state index in [1.54, 1.807) is 18.2 Å². The van der Waals surface area contributed by atoms with Gasteiger partial charge in [-0.1, -0.05) is 12.1 Å². The molecule has 0 fully saturated rings. The molecule has 0 amide bonds. The summed E-state index contributed by atoms with van der Waals surface area (Å²) in [5.41, 5.74) is 0.815. The fourth-order valence-electron chi connectivity index (χ4n) is 2.16. The van der Waals surface area contributed by atoms with E-state index in [9.17, 15) is 14.7 Å². The minimum atomic E-state index is -1.08. The van der Waals surface area contributed by atoms with Gasteiger partial charge in [0, 0.05) is 0 Å². The van der Waals surface area contributed by atoms with Crippen molar-refractivity contribution in [3.8, 4) is 5.69 Å². The van der Waals surface area contributed by atoms with Crippen LogP contribution in [0.25, 0.3) is 16.7 Å². The summed E-state index contributed by atoms with van der Waals surface area (Å²) in [5, 5.41) is 25.3. The number of aromatic nitrogens is 4. The number of benzene rings is 1. The molecule has 1 aromatic carbocycles. The molecule has 0 bridgehead atoms. The van der Waals surface area contributed by atoms with Crippen LogP contribution in [0.1, 0.15) is 10.4 Å². The maximum Gasteiger partial charge on any atom is 0.337 e. The van der Waals surface area contributed by atoms with Crippen molar-refractivity contribution in [3.63, 3.8) is 0 Å². The molecular formula is C14H11N5O4. The topological polar surface area (TPSA) is 130 Å². The van der Waals surface area contributed by atoms with Gasteiger partial charge in [-0.05, 0) is 12.1 Å². The molecule has 3 aromatic rings. The number of aliphatic carboxylic acids is 1. The molecule has 0 aliphatic rings. The second-order valence-electron chi connectivity index (χ2n) is 4.59. The zero-order valence-corrected chi connectivity index (χ0v) is 11.7. The van der Waals surface area contributed by atoms with Crippen molar-refractivity contribution >= 4 is 28.8 Å². The summed E-state index contributed by atoms with van der Waals surface area (Å²) >= 11 is 0. The normalized spacial score (nSPS) is 10.6. The van der Waals surface area contributed by atoms with Gasteiger partial charge >= 0.3 is 11.9 Å². The second kappa shape index (κ2) is 5.72. The van der Waals surface area contributed by atoms with Crippen LogP contribution in [-0.2, 0) is 4.79 Å². The molecule has 9 nitrogen and oxygen atoms in total.